The maximum Gasteiger partial charge on any atom is 0.347 e. The number of hydrogen-bond acceptors (Lipinski definition) is 5. The monoisotopic (exact) mass is 214 g/mol. The van der Waals surface area contributed by atoms with E-state index in [-0.39, 0.29) is 17.4 Å². The molecule has 0 rings (SSSR count). The number of esters is 1. The van der Waals surface area contributed by atoms with Crippen molar-refractivity contribution in [2.24, 2.45) is 11.7 Å². The predicted molar refractivity (Wildman–Crippen MR) is 55.9 cm³/mol. The molecule has 0 radical (unpaired) electrons. The molecule has 0 spiro atoms. The molecular weight excluding hydrogens is 200 g/mol. The molecule has 0 aliphatic heterocycles. The SMILES string of the molecule is CCOC(=O)/C(SC#N)=C(\N)C(C)C. The summed E-state index contributed by atoms with van der Waals surface area (Å²) in [6, 6.07) is 0. The zero-order valence-electron chi connectivity index (χ0n) is 8.53. The number of thiocyanates is 1. The second kappa shape index (κ2) is 6.33. The van der Waals surface area contributed by atoms with E-state index in [2.05, 4.69) is 0 Å². The Balaban J connectivity index is 4.85. The molecule has 0 aliphatic rings. The molecule has 4 nitrogen and oxygen atoms in total. The van der Waals surface area contributed by atoms with Crippen molar-refractivity contribution < 1.29 is 9.53 Å². The zero-order chi connectivity index (χ0) is 11.1. The van der Waals surface area contributed by atoms with Crippen LogP contribution in [0.5, 0.6) is 0 Å². The van der Waals surface area contributed by atoms with Crippen LogP contribution in [0.1, 0.15) is 20.8 Å². The average molecular weight is 214 g/mol. The normalized spacial score (nSPS) is 11.9. The van der Waals surface area contributed by atoms with Crippen molar-refractivity contribution in [3.8, 4) is 5.40 Å². The van der Waals surface area contributed by atoms with Gasteiger partial charge in [-0.3, -0.25) is 0 Å². The van der Waals surface area contributed by atoms with Gasteiger partial charge < -0.3 is 10.5 Å². The lowest BCUT2D eigenvalue weighted by Crippen LogP contribution is -2.15. The summed E-state index contributed by atoms with van der Waals surface area (Å²) in [7, 11) is 0. The van der Waals surface area contributed by atoms with Gasteiger partial charge in [0.1, 0.15) is 10.3 Å². The van der Waals surface area contributed by atoms with Crippen LogP contribution >= 0.6 is 11.8 Å². The van der Waals surface area contributed by atoms with Gasteiger partial charge in [-0.25, -0.2) is 4.79 Å². The molecular formula is C9H14N2O2S. The first-order chi connectivity index (χ1) is 6.54. The average Bonchev–Trinajstić information content (AvgIpc) is 2.13. The van der Waals surface area contributed by atoms with E-state index in [4.69, 9.17) is 15.7 Å². The molecule has 0 aromatic rings. The highest BCUT2D eigenvalue weighted by Crippen LogP contribution is 2.21. The summed E-state index contributed by atoms with van der Waals surface area (Å²) in [5, 5.41) is 10.3. The van der Waals surface area contributed by atoms with E-state index in [0.29, 0.717) is 5.70 Å². The third-order valence-corrected chi connectivity index (χ3v) is 2.19. The highest BCUT2D eigenvalue weighted by molar-refractivity contribution is 8.08. The van der Waals surface area contributed by atoms with Crippen LogP contribution in [0.3, 0.4) is 0 Å². The number of allylic oxidation sites excluding steroid dienone is 1. The van der Waals surface area contributed by atoms with E-state index < -0.39 is 5.97 Å². The standard InChI is InChI=1S/C9H14N2O2S/c1-4-13-9(12)8(14-5-10)7(11)6(2)3/h6H,4,11H2,1-3H3/b8-7+. The molecule has 0 amide bonds. The third-order valence-electron chi connectivity index (χ3n) is 1.49. The summed E-state index contributed by atoms with van der Waals surface area (Å²) in [4.78, 5) is 11.5. The molecule has 0 saturated carbocycles. The van der Waals surface area contributed by atoms with Gasteiger partial charge in [0.2, 0.25) is 0 Å². The number of nitriles is 1. The topological polar surface area (TPSA) is 76.1 Å². The fourth-order valence-electron chi connectivity index (χ4n) is 0.723. The number of rotatable bonds is 4. The van der Waals surface area contributed by atoms with Crippen LogP contribution in [-0.4, -0.2) is 12.6 Å². The Morgan fingerprint density at radius 1 is 1.64 bits per heavy atom. The highest BCUT2D eigenvalue weighted by Gasteiger charge is 2.17. The van der Waals surface area contributed by atoms with Crippen molar-refractivity contribution >= 4 is 17.7 Å². The minimum Gasteiger partial charge on any atom is -0.462 e. The smallest absolute Gasteiger partial charge is 0.347 e. The minimum atomic E-state index is -0.523. The maximum absolute atomic E-state index is 11.3. The molecule has 0 aliphatic carbocycles. The summed E-state index contributed by atoms with van der Waals surface area (Å²) < 4.78 is 4.78. The largest absolute Gasteiger partial charge is 0.462 e. The summed E-state index contributed by atoms with van der Waals surface area (Å²) in [6.45, 7) is 5.69. The summed E-state index contributed by atoms with van der Waals surface area (Å²) >= 11 is 0.747. The third kappa shape index (κ3) is 3.71. The number of ether oxygens (including phenoxy) is 1. The molecule has 0 atom stereocenters. The number of carbonyl (C=O) groups is 1. The maximum atomic E-state index is 11.3. The van der Waals surface area contributed by atoms with Crippen LogP contribution in [0.2, 0.25) is 0 Å². The van der Waals surface area contributed by atoms with Crippen LogP contribution in [-0.2, 0) is 9.53 Å². The van der Waals surface area contributed by atoms with E-state index >= 15 is 0 Å². The zero-order valence-corrected chi connectivity index (χ0v) is 9.35. The van der Waals surface area contributed by atoms with Crippen molar-refractivity contribution in [3.63, 3.8) is 0 Å². The van der Waals surface area contributed by atoms with Gasteiger partial charge in [0.05, 0.1) is 6.61 Å². The first kappa shape index (κ1) is 12.8. The van der Waals surface area contributed by atoms with E-state index in [1.54, 1.807) is 6.92 Å². The summed E-state index contributed by atoms with van der Waals surface area (Å²) in [5.41, 5.74) is 6.08. The van der Waals surface area contributed by atoms with Crippen molar-refractivity contribution in [2.75, 3.05) is 6.61 Å². The fourth-order valence-corrected chi connectivity index (χ4v) is 1.31. The van der Waals surface area contributed by atoms with Gasteiger partial charge in [0.15, 0.2) is 0 Å². The Morgan fingerprint density at radius 2 is 2.21 bits per heavy atom. The van der Waals surface area contributed by atoms with Gasteiger partial charge >= 0.3 is 5.97 Å². The Morgan fingerprint density at radius 3 is 2.57 bits per heavy atom. The van der Waals surface area contributed by atoms with Crippen LogP contribution in [0, 0.1) is 16.6 Å². The van der Waals surface area contributed by atoms with Crippen molar-refractivity contribution in [3.05, 3.63) is 10.6 Å². The first-order valence-corrected chi connectivity index (χ1v) is 5.08. The van der Waals surface area contributed by atoms with Crippen LogP contribution in [0.15, 0.2) is 10.6 Å². The van der Waals surface area contributed by atoms with E-state index in [9.17, 15) is 4.79 Å². The molecule has 0 unspecified atom stereocenters. The van der Waals surface area contributed by atoms with Crippen LogP contribution < -0.4 is 5.73 Å². The lowest BCUT2D eigenvalue weighted by Gasteiger charge is -2.10. The van der Waals surface area contributed by atoms with Gasteiger partial charge in [-0.1, -0.05) is 13.8 Å². The van der Waals surface area contributed by atoms with E-state index in [0.717, 1.165) is 11.8 Å². The number of hydrogen-bond donors (Lipinski definition) is 1. The number of carbonyl (C=O) groups excluding carboxylic acids is 1. The Hall–Kier alpha value is -1.15. The van der Waals surface area contributed by atoms with Crippen LogP contribution in [0.4, 0.5) is 0 Å². The fraction of sp³-hybridized carbons (Fsp3) is 0.556. The van der Waals surface area contributed by atoms with Crippen LogP contribution in [0.25, 0.3) is 0 Å². The highest BCUT2D eigenvalue weighted by atomic mass is 32.2. The van der Waals surface area contributed by atoms with Crippen molar-refractivity contribution in [1.82, 2.24) is 0 Å². The molecule has 0 saturated heterocycles. The Labute approximate surface area is 88.1 Å². The summed E-state index contributed by atoms with van der Waals surface area (Å²) in [6.07, 6.45) is 0. The number of nitrogens with two attached hydrogens (primary N) is 1. The lowest BCUT2D eigenvalue weighted by molar-refractivity contribution is -0.137. The first-order valence-electron chi connectivity index (χ1n) is 4.27. The molecule has 0 aromatic carbocycles. The van der Waals surface area contributed by atoms with E-state index in [1.165, 1.54) is 0 Å². The molecule has 0 heterocycles. The molecule has 78 valence electrons. The molecule has 5 heteroatoms. The van der Waals surface area contributed by atoms with Gasteiger partial charge in [-0.15, -0.1) is 0 Å². The molecule has 0 aromatic heterocycles. The van der Waals surface area contributed by atoms with Gasteiger partial charge in [-0.05, 0) is 24.6 Å². The second-order valence-electron chi connectivity index (χ2n) is 2.85. The minimum absolute atomic E-state index is 0.0234. The van der Waals surface area contributed by atoms with Crippen molar-refractivity contribution in [1.29, 1.82) is 5.26 Å². The van der Waals surface area contributed by atoms with Gasteiger partial charge in [0.25, 0.3) is 0 Å². The summed E-state index contributed by atoms with van der Waals surface area (Å²) in [5.74, 6) is -0.500. The molecule has 14 heavy (non-hydrogen) atoms. The molecule has 2 N–H and O–H groups in total. The molecule has 0 bridgehead atoms. The van der Waals surface area contributed by atoms with Gasteiger partial charge in [0, 0.05) is 5.70 Å². The van der Waals surface area contributed by atoms with Crippen molar-refractivity contribution in [2.45, 2.75) is 20.8 Å². The number of thioether (sulfide) groups is 1. The lowest BCUT2D eigenvalue weighted by atomic mass is 10.1. The molecule has 0 fully saturated rings. The van der Waals surface area contributed by atoms with Gasteiger partial charge in [-0.2, -0.15) is 5.26 Å². The Kier molecular flexibility index (Phi) is 5.81. The second-order valence-corrected chi connectivity index (χ2v) is 3.65. The van der Waals surface area contributed by atoms with E-state index in [1.807, 2.05) is 19.2 Å². The Bertz CT molecular complexity index is 279. The quantitative estimate of drug-likeness (QED) is 0.437. The number of nitrogens with zero attached hydrogens (tertiary/aromatic N) is 1. The predicted octanol–water partition coefficient (Wildman–Crippen LogP) is 1.59.